The van der Waals surface area contributed by atoms with E-state index < -0.39 is 44.8 Å². The normalized spacial score (nSPS) is 26.6. The molecule has 0 spiro atoms. The molecule has 1 aliphatic heterocycles. The highest BCUT2D eigenvalue weighted by Gasteiger charge is 2.43. The van der Waals surface area contributed by atoms with Crippen LogP contribution in [0.5, 0.6) is 5.75 Å². The maximum Gasteiger partial charge on any atom is 0.387 e. The predicted octanol–water partition coefficient (Wildman–Crippen LogP) is 3.82. The molecule has 0 radical (unpaired) electrons. The molecule has 1 aromatic carbocycles. The van der Waals surface area contributed by atoms with Gasteiger partial charge in [0.15, 0.2) is 5.75 Å². The van der Waals surface area contributed by atoms with Crippen molar-refractivity contribution in [1.29, 1.82) is 0 Å². The minimum atomic E-state index is -3.44. The number of ether oxygens (including phenoxy) is 2. The average molecular weight is 634 g/mol. The van der Waals surface area contributed by atoms with Crippen molar-refractivity contribution < 1.29 is 31.8 Å². The van der Waals surface area contributed by atoms with Crippen LogP contribution in [0.15, 0.2) is 47.4 Å². The molecule has 3 aromatic rings. The number of hydrogen-bond donors (Lipinski definition) is 2. The Bertz CT molecular complexity index is 1640. The second-order valence-corrected chi connectivity index (χ2v) is 14.4. The van der Waals surface area contributed by atoms with Gasteiger partial charge in [0, 0.05) is 30.7 Å². The Morgan fingerprint density at radius 1 is 1.16 bits per heavy atom. The van der Waals surface area contributed by atoms with Gasteiger partial charge in [-0.05, 0) is 63.5 Å². The lowest BCUT2D eigenvalue weighted by molar-refractivity contribution is -0.0513. The summed E-state index contributed by atoms with van der Waals surface area (Å²) in [4.78, 5) is 22.2. The summed E-state index contributed by atoms with van der Waals surface area (Å²) >= 11 is 0. The Balaban J connectivity index is 1.10. The SMILES string of the molecule is C[C@@]1(O)CCC[C@H]1n1c(=O)c(OC(F)F)cc2cnc(NC3CCN(S(=O)(=O)C4CC(OCc5ccccc5)C4)CC3)nc21. The summed E-state index contributed by atoms with van der Waals surface area (Å²) in [6, 6.07) is 10.2. The highest BCUT2D eigenvalue weighted by Crippen LogP contribution is 2.40. The van der Waals surface area contributed by atoms with Crippen LogP contribution in [0.3, 0.4) is 0 Å². The van der Waals surface area contributed by atoms with E-state index >= 15 is 0 Å². The monoisotopic (exact) mass is 633 g/mol. The zero-order valence-electron chi connectivity index (χ0n) is 24.4. The molecule has 2 aromatic heterocycles. The van der Waals surface area contributed by atoms with Crippen molar-refractivity contribution in [3.63, 3.8) is 0 Å². The fraction of sp³-hybridized carbons (Fsp3) is 0.567. The van der Waals surface area contributed by atoms with Gasteiger partial charge < -0.3 is 19.9 Å². The number of nitrogens with one attached hydrogen (secondary N) is 1. The number of anilines is 1. The number of aliphatic hydroxyl groups is 1. The highest BCUT2D eigenvalue weighted by molar-refractivity contribution is 7.89. The van der Waals surface area contributed by atoms with Crippen molar-refractivity contribution >= 4 is 27.0 Å². The maximum absolute atomic E-state index is 13.3. The van der Waals surface area contributed by atoms with Crippen LogP contribution in [0, 0.1) is 0 Å². The number of hydrogen-bond acceptors (Lipinski definition) is 9. The summed E-state index contributed by atoms with van der Waals surface area (Å²) < 4.78 is 65.8. The van der Waals surface area contributed by atoms with Crippen LogP contribution >= 0.6 is 0 Å². The summed E-state index contributed by atoms with van der Waals surface area (Å²) in [6.45, 7) is -0.402. The lowest BCUT2D eigenvalue weighted by atomic mass is 9.95. The van der Waals surface area contributed by atoms with Crippen molar-refractivity contribution in [3.05, 3.63) is 58.5 Å². The summed E-state index contributed by atoms with van der Waals surface area (Å²) in [5.41, 5.74) is -0.763. The van der Waals surface area contributed by atoms with Gasteiger partial charge in [-0.15, -0.1) is 0 Å². The van der Waals surface area contributed by atoms with E-state index in [4.69, 9.17) is 4.74 Å². The lowest BCUT2D eigenvalue weighted by Crippen LogP contribution is -2.51. The highest BCUT2D eigenvalue weighted by atomic mass is 32.2. The summed E-state index contributed by atoms with van der Waals surface area (Å²) in [7, 11) is -3.44. The number of halogens is 2. The molecule has 2 N–H and O–H groups in total. The van der Waals surface area contributed by atoms with Crippen LogP contribution in [-0.4, -0.2) is 75.1 Å². The van der Waals surface area contributed by atoms with Gasteiger partial charge in [-0.25, -0.2) is 17.7 Å². The molecule has 2 atom stereocenters. The molecule has 6 rings (SSSR count). The fourth-order valence-corrected chi connectivity index (χ4v) is 8.56. The number of nitrogens with zero attached hydrogens (tertiary/aromatic N) is 4. The van der Waals surface area contributed by atoms with E-state index in [-0.39, 0.29) is 23.7 Å². The van der Waals surface area contributed by atoms with E-state index in [1.807, 2.05) is 30.3 Å². The van der Waals surface area contributed by atoms with Gasteiger partial charge in [0.2, 0.25) is 16.0 Å². The summed E-state index contributed by atoms with van der Waals surface area (Å²) in [5, 5.41) is 14.1. The Morgan fingerprint density at radius 3 is 2.55 bits per heavy atom. The zero-order valence-corrected chi connectivity index (χ0v) is 25.3. The molecule has 44 heavy (non-hydrogen) atoms. The number of aromatic nitrogens is 3. The van der Waals surface area contributed by atoms with Crippen LogP contribution in [0.4, 0.5) is 14.7 Å². The Kier molecular flexibility index (Phi) is 8.61. The molecule has 3 heterocycles. The number of pyridine rings is 1. The van der Waals surface area contributed by atoms with Crippen molar-refractivity contribution in [2.75, 3.05) is 18.4 Å². The molecule has 2 saturated carbocycles. The average Bonchev–Trinajstić information content (AvgIpc) is 3.31. The molecule has 1 saturated heterocycles. The Hall–Kier alpha value is -3.20. The van der Waals surface area contributed by atoms with Gasteiger partial charge in [0.25, 0.3) is 5.56 Å². The van der Waals surface area contributed by atoms with Gasteiger partial charge >= 0.3 is 6.61 Å². The molecule has 0 bridgehead atoms. The number of piperidine rings is 1. The molecular weight excluding hydrogens is 596 g/mol. The van der Waals surface area contributed by atoms with Gasteiger partial charge in [0.05, 0.1) is 29.6 Å². The number of alkyl halides is 2. The van der Waals surface area contributed by atoms with Gasteiger partial charge in [-0.2, -0.15) is 13.8 Å². The molecule has 2 aliphatic carbocycles. The minimum absolute atomic E-state index is 0.0671. The third-order valence-electron chi connectivity index (χ3n) is 9.09. The van der Waals surface area contributed by atoms with E-state index in [0.717, 1.165) is 5.56 Å². The van der Waals surface area contributed by atoms with Gasteiger partial charge in [-0.1, -0.05) is 30.3 Å². The largest absolute Gasteiger partial charge is 0.429 e. The Morgan fingerprint density at radius 2 is 1.89 bits per heavy atom. The van der Waals surface area contributed by atoms with E-state index in [1.165, 1.54) is 16.8 Å². The molecule has 3 aliphatic rings. The molecule has 3 fully saturated rings. The molecule has 11 nitrogen and oxygen atoms in total. The van der Waals surface area contributed by atoms with Gasteiger partial charge in [0.1, 0.15) is 5.65 Å². The van der Waals surface area contributed by atoms with Crippen LogP contribution in [0.25, 0.3) is 11.0 Å². The molecular formula is C30H37F2N5O6S. The second kappa shape index (κ2) is 12.3. The molecule has 0 unspecified atom stereocenters. The third-order valence-corrected chi connectivity index (χ3v) is 11.4. The predicted molar refractivity (Wildman–Crippen MR) is 159 cm³/mol. The maximum atomic E-state index is 13.3. The van der Waals surface area contributed by atoms with Crippen LogP contribution in [-0.2, 0) is 21.4 Å². The first-order valence-corrected chi connectivity index (χ1v) is 16.5. The Labute approximate surface area is 254 Å². The first kappa shape index (κ1) is 30.8. The summed E-state index contributed by atoms with van der Waals surface area (Å²) in [6.07, 6.45) is 4.98. The smallest absolute Gasteiger partial charge is 0.387 e. The topological polar surface area (TPSA) is 136 Å². The second-order valence-electron chi connectivity index (χ2n) is 12.2. The first-order chi connectivity index (χ1) is 21.0. The van der Waals surface area contributed by atoms with Crippen LogP contribution < -0.4 is 15.6 Å². The number of rotatable bonds is 10. The number of sulfonamides is 1. The quantitative estimate of drug-likeness (QED) is 0.342. The lowest BCUT2D eigenvalue weighted by Gasteiger charge is -2.40. The van der Waals surface area contributed by atoms with Crippen molar-refractivity contribution in [2.45, 2.75) is 94.1 Å². The number of fused-ring (bicyclic) bond motifs is 1. The summed E-state index contributed by atoms with van der Waals surface area (Å²) in [5.74, 6) is -0.307. The first-order valence-electron chi connectivity index (χ1n) is 15.0. The van der Waals surface area contributed by atoms with E-state index in [9.17, 15) is 27.1 Å². The van der Waals surface area contributed by atoms with E-state index in [0.29, 0.717) is 70.0 Å². The van der Waals surface area contributed by atoms with E-state index in [2.05, 4.69) is 20.0 Å². The van der Waals surface area contributed by atoms with E-state index in [1.54, 1.807) is 11.2 Å². The molecule has 238 valence electrons. The zero-order chi connectivity index (χ0) is 31.1. The fourth-order valence-electron chi connectivity index (χ4n) is 6.50. The van der Waals surface area contributed by atoms with Gasteiger partial charge in [-0.3, -0.25) is 9.36 Å². The van der Waals surface area contributed by atoms with Crippen LogP contribution in [0.1, 0.15) is 63.5 Å². The van der Waals surface area contributed by atoms with Crippen LogP contribution in [0.2, 0.25) is 0 Å². The van der Waals surface area contributed by atoms with Crippen molar-refractivity contribution in [1.82, 2.24) is 18.8 Å². The standard InChI is InChI=1S/C30H37F2N5O6S/c1-30(39)11-5-8-25(30)37-26-20(14-24(27(37)38)43-28(31)32)17-33-29(35-26)34-21-9-12-36(13-10-21)44(40,41)23-15-22(16-23)42-18-19-6-3-2-4-7-19/h2-4,6-7,14,17,21-23,25,28,39H,5,8-13,15-16,18H2,1H3,(H,33,34,35)/t22?,23?,25-,30-/m1/s1. The molecule has 0 amide bonds. The van der Waals surface area contributed by atoms with Crippen molar-refractivity contribution in [3.8, 4) is 5.75 Å². The molecule has 14 heteroatoms. The van der Waals surface area contributed by atoms with Crippen molar-refractivity contribution in [2.24, 2.45) is 0 Å². The third kappa shape index (κ3) is 6.30. The minimum Gasteiger partial charge on any atom is -0.429 e. The number of benzene rings is 1.